The molecular formula is C14H23N5O8S. The third-order valence-electron chi connectivity index (χ3n) is 3.29. The van der Waals surface area contributed by atoms with Crippen molar-refractivity contribution in [3.05, 3.63) is 0 Å². The maximum Gasteiger partial charge on any atom is 0.327 e. The van der Waals surface area contributed by atoms with Crippen LogP contribution in [0.15, 0.2) is 0 Å². The Morgan fingerprint density at radius 3 is 2.04 bits per heavy atom. The number of hydrogen-bond donors (Lipinski definition) is 8. The topological polar surface area (TPSA) is 231 Å². The van der Waals surface area contributed by atoms with E-state index in [4.69, 9.17) is 21.7 Å². The van der Waals surface area contributed by atoms with Gasteiger partial charge in [0.15, 0.2) is 0 Å². The number of carbonyl (C=O) groups is 6. The van der Waals surface area contributed by atoms with Gasteiger partial charge >= 0.3 is 11.9 Å². The second-order valence-corrected chi connectivity index (χ2v) is 5.99. The first-order valence-electron chi connectivity index (χ1n) is 7.94. The van der Waals surface area contributed by atoms with E-state index < -0.39 is 66.7 Å². The third kappa shape index (κ3) is 10.3. The highest BCUT2D eigenvalue weighted by molar-refractivity contribution is 7.80. The predicted octanol–water partition coefficient (Wildman–Crippen LogP) is -3.85. The summed E-state index contributed by atoms with van der Waals surface area (Å²) in [5.74, 6) is -6.41. The van der Waals surface area contributed by atoms with Gasteiger partial charge in [-0.05, 0) is 6.42 Å². The molecular weight excluding hydrogens is 398 g/mol. The van der Waals surface area contributed by atoms with E-state index in [1.165, 1.54) is 0 Å². The lowest BCUT2D eigenvalue weighted by Crippen LogP contribution is -2.54. The molecule has 158 valence electrons. The van der Waals surface area contributed by atoms with Crippen LogP contribution in [0, 0.1) is 0 Å². The lowest BCUT2D eigenvalue weighted by Gasteiger charge is -2.20. The Hall–Kier alpha value is -2.87. The van der Waals surface area contributed by atoms with Gasteiger partial charge in [0.25, 0.3) is 0 Å². The number of thiol groups is 1. The first-order valence-corrected chi connectivity index (χ1v) is 8.57. The summed E-state index contributed by atoms with van der Waals surface area (Å²) >= 11 is 3.76. The molecule has 0 radical (unpaired) electrons. The zero-order valence-electron chi connectivity index (χ0n) is 14.7. The number of rotatable bonds is 13. The molecule has 0 aliphatic heterocycles. The quantitative estimate of drug-likeness (QED) is 0.136. The molecule has 0 fully saturated rings. The van der Waals surface area contributed by atoms with Gasteiger partial charge in [0.05, 0.1) is 19.0 Å². The number of aliphatic carboxylic acids is 2. The third-order valence-corrected chi connectivity index (χ3v) is 3.65. The summed E-state index contributed by atoms with van der Waals surface area (Å²) < 4.78 is 0. The number of carboxylic acids is 2. The summed E-state index contributed by atoms with van der Waals surface area (Å²) in [5, 5.41) is 24.0. The minimum absolute atomic E-state index is 0.0346. The molecule has 28 heavy (non-hydrogen) atoms. The SMILES string of the molecule is NC(=O)CCC(N)C(=O)NCC(=O)NC(CC(=O)O)C(=O)NC(CS)C(=O)O. The molecule has 14 heteroatoms. The van der Waals surface area contributed by atoms with Crippen LogP contribution in [-0.2, 0) is 28.8 Å². The predicted molar refractivity (Wildman–Crippen MR) is 97.0 cm³/mol. The Kier molecular flexibility index (Phi) is 11.2. The molecule has 0 spiro atoms. The van der Waals surface area contributed by atoms with Crippen LogP contribution in [0.5, 0.6) is 0 Å². The summed E-state index contributed by atoms with van der Waals surface area (Å²) in [6.07, 6.45) is -0.979. The summed E-state index contributed by atoms with van der Waals surface area (Å²) in [6, 6.07) is -4.05. The Balaban J connectivity index is 4.74. The molecule has 3 atom stereocenters. The standard InChI is InChI=1S/C14H23N5O8S/c15-6(1-2-9(16)20)12(24)17-4-10(21)18-7(3-11(22)23)13(25)19-8(5-28)14(26)27/h6-8,28H,1-5,15H2,(H2,16,20)(H,17,24)(H,18,21)(H,19,25)(H,22,23)(H,26,27). The minimum Gasteiger partial charge on any atom is -0.481 e. The first-order chi connectivity index (χ1) is 13.0. The number of hydrogen-bond acceptors (Lipinski definition) is 8. The Bertz CT molecular complexity index is 629. The van der Waals surface area contributed by atoms with Crippen molar-refractivity contribution < 1.29 is 39.0 Å². The maximum absolute atomic E-state index is 12.0. The summed E-state index contributed by atoms with van der Waals surface area (Å²) in [4.78, 5) is 68.1. The van der Waals surface area contributed by atoms with E-state index in [9.17, 15) is 28.8 Å². The lowest BCUT2D eigenvalue weighted by atomic mass is 10.1. The molecule has 0 rings (SSSR count). The molecule has 9 N–H and O–H groups in total. The molecule has 0 aromatic carbocycles. The number of carbonyl (C=O) groups excluding carboxylic acids is 4. The fourth-order valence-corrected chi connectivity index (χ4v) is 2.06. The number of nitrogens with one attached hydrogen (secondary N) is 3. The van der Waals surface area contributed by atoms with Crippen molar-refractivity contribution in [1.29, 1.82) is 0 Å². The molecule has 0 saturated carbocycles. The van der Waals surface area contributed by atoms with Gasteiger partial charge in [-0.1, -0.05) is 0 Å². The Morgan fingerprint density at radius 2 is 1.57 bits per heavy atom. The first kappa shape index (κ1) is 25.1. The second-order valence-electron chi connectivity index (χ2n) is 5.63. The van der Waals surface area contributed by atoms with Gasteiger partial charge in [0, 0.05) is 12.2 Å². The average Bonchev–Trinajstić information content (AvgIpc) is 2.60. The van der Waals surface area contributed by atoms with Crippen molar-refractivity contribution in [2.75, 3.05) is 12.3 Å². The summed E-state index contributed by atoms with van der Waals surface area (Å²) in [7, 11) is 0. The number of nitrogens with two attached hydrogens (primary N) is 2. The molecule has 0 aliphatic carbocycles. The Labute approximate surface area is 165 Å². The highest BCUT2D eigenvalue weighted by atomic mass is 32.1. The lowest BCUT2D eigenvalue weighted by molar-refractivity contribution is -0.143. The van der Waals surface area contributed by atoms with Crippen LogP contribution in [0.4, 0.5) is 0 Å². The molecule has 0 aromatic rings. The zero-order chi connectivity index (χ0) is 21.9. The second kappa shape index (κ2) is 12.5. The van der Waals surface area contributed by atoms with Crippen molar-refractivity contribution in [2.24, 2.45) is 11.5 Å². The Morgan fingerprint density at radius 1 is 0.964 bits per heavy atom. The maximum atomic E-state index is 12.0. The van der Waals surface area contributed by atoms with Crippen LogP contribution >= 0.6 is 12.6 Å². The minimum atomic E-state index is -1.58. The molecule has 3 unspecified atom stereocenters. The van der Waals surface area contributed by atoms with Gasteiger partial charge in [-0.25, -0.2) is 4.79 Å². The van der Waals surface area contributed by atoms with Crippen molar-refractivity contribution in [3.63, 3.8) is 0 Å². The monoisotopic (exact) mass is 421 g/mol. The average molecular weight is 421 g/mol. The van der Waals surface area contributed by atoms with E-state index >= 15 is 0 Å². The van der Waals surface area contributed by atoms with Crippen LogP contribution in [-0.4, -0.2) is 76.2 Å². The van der Waals surface area contributed by atoms with Crippen LogP contribution in [0.25, 0.3) is 0 Å². The highest BCUT2D eigenvalue weighted by Gasteiger charge is 2.28. The molecule has 13 nitrogen and oxygen atoms in total. The van der Waals surface area contributed by atoms with Crippen LogP contribution in [0.1, 0.15) is 19.3 Å². The van der Waals surface area contributed by atoms with Gasteiger partial charge < -0.3 is 37.6 Å². The van der Waals surface area contributed by atoms with Crippen LogP contribution in [0.3, 0.4) is 0 Å². The molecule has 0 aromatic heterocycles. The molecule has 0 aliphatic rings. The van der Waals surface area contributed by atoms with Gasteiger partial charge in [0.1, 0.15) is 12.1 Å². The molecule has 4 amide bonds. The highest BCUT2D eigenvalue weighted by Crippen LogP contribution is 1.97. The number of carboxylic acid groups (broad SMARTS) is 2. The summed E-state index contributed by atoms with van der Waals surface area (Å²) in [6.45, 7) is -0.624. The van der Waals surface area contributed by atoms with Gasteiger partial charge in [0.2, 0.25) is 23.6 Å². The van der Waals surface area contributed by atoms with Crippen molar-refractivity contribution in [3.8, 4) is 0 Å². The van der Waals surface area contributed by atoms with Crippen LogP contribution in [0.2, 0.25) is 0 Å². The van der Waals surface area contributed by atoms with Crippen molar-refractivity contribution >= 4 is 48.2 Å². The fraction of sp³-hybridized carbons (Fsp3) is 0.571. The fourth-order valence-electron chi connectivity index (χ4n) is 1.81. The zero-order valence-corrected chi connectivity index (χ0v) is 15.6. The number of amides is 4. The molecule has 0 saturated heterocycles. The smallest absolute Gasteiger partial charge is 0.327 e. The van der Waals surface area contributed by atoms with E-state index in [1.807, 2.05) is 5.32 Å². The molecule has 0 bridgehead atoms. The normalized spacial score (nSPS) is 13.5. The van der Waals surface area contributed by atoms with Crippen molar-refractivity contribution in [1.82, 2.24) is 16.0 Å². The van der Waals surface area contributed by atoms with E-state index in [0.29, 0.717) is 0 Å². The van der Waals surface area contributed by atoms with E-state index in [1.54, 1.807) is 0 Å². The van der Waals surface area contributed by atoms with E-state index in [-0.39, 0.29) is 18.6 Å². The number of primary amides is 1. The van der Waals surface area contributed by atoms with Gasteiger partial charge in [-0.3, -0.25) is 24.0 Å². The molecule has 0 heterocycles. The summed E-state index contributed by atoms with van der Waals surface area (Å²) in [5.41, 5.74) is 10.4. The van der Waals surface area contributed by atoms with Crippen molar-refractivity contribution in [2.45, 2.75) is 37.4 Å². The van der Waals surface area contributed by atoms with Crippen LogP contribution < -0.4 is 27.4 Å². The van der Waals surface area contributed by atoms with Gasteiger partial charge in [-0.2, -0.15) is 12.6 Å². The van der Waals surface area contributed by atoms with E-state index in [0.717, 1.165) is 0 Å². The van der Waals surface area contributed by atoms with Gasteiger partial charge in [-0.15, -0.1) is 0 Å². The largest absolute Gasteiger partial charge is 0.481 e. The van der Waals surface area contributed by atoms with E-state index in [2.05, 4.69) is 23.3 Å².